The number of alkyl halides is 3. The SMILES string of the molecule is CN(C)c1c(CN2CCC(C(F)(F)F)CC2)cc(O)c2c1C[C@H]1C[C@H]3[C@H](N(C)C)C(O)=C(C(N)=O)C(=O)[C@@]3(O)C(O)=C1C2=O. The van der Waals surface area contributed by atoms with E-state index < -0.39 is 75.9 Å². The third-order valence-corrected chi connectivity index (χ3v) is 9.67. The molecular weight excluding hydrogens is 585 g/mol. The third-order valence-electron chi connectivity index (χ3n) is 9.67. The molecule has 44 heavy (non-hydrogen) atoms. The molecule has 1 aliphatic heterocycles. The number of fused-ring (bicyclic) bond motifs is 3. The first-order valence-electron chi connectivity index (χ1n) is 14.4. The highest BCUT2D eigenvalue weighted by Gasteiger charge is 2.63. The lowest BCUT2D eigenvalue weighted by Gasteiger charge is -2.50. The van der Waals surface area contributed by atoms with Gasteiger partial charge in [-0.15, -0.1) is 0 Å². The molecule has 1 fully saturated rings. The molecule has 1 amide bonds. The van der Waals surface area contributed by atoms with Crippen LogP contribution in [-0.2, 0) is 22.6 Å². The Balaban J connectivity index is 1.58. The monoisotopic (exact) mass is 622 g/mol. The molecule has 4 aliphatic rings. The van der Waals surface area contributed by atoms with E-state index in [4.69, 9.17) is 5.73 Å². The van der Waals surface area contributed by atoms with Crippen molar-refractivity contribution in [1.29, 1.82) is 0 Å². The highest BCUT2D eigenvalue weighted by Crippen LogP contribution is 2.53. The summed E-state index contributed by atoms with van der Waals surface area (Å²) >= 11 is 0. The fourth-order valence-corrected chi connectivity index (χ4v) is 7.71. The number of likely N-dealkylation sites (N-methyl/N-ethyl adjacent to an activating group) is 1. The molecule has 0 aromatic heterocycles. The van der Waals surface area contributed by atoms with Crippen molar-refractivity contribution in [3.63, 3.8) is 0 Å². The number of phenolic OH excluding ortho intramolecular Hbond substituents is 1. The molecule has 0 radical (unpaired) electrons. The maximum Gasteiger partial charge on any atom is 0.391 e. The van der Waals surface area contributed by atoms with Gasteiger partial charge in [-0.2, -0.15) is 13.2 Å². The zero-order chi connectivity index (χ0) is 32.6. The number of aromatic hydroxyl groups is 1. The number of nitrogens with zero attached hydrogens (tertiary/aromatic N) is 3. The molecule has 0 bridgehead atoms. The first kappa shape index (κ1) is 31.8. The lowest BCUT2D eigenvalue weighted by Crippen LogP contribution is -2.63. The van der Waals surface area contributed by atoms with Gasteiger partial charge in [0.05, 0.1) is 17.5 Å². The minimum atomic E-state index is -4.25. The largest absolute Gasteiger partial charge is 0.510 e. The van der Waals surface area contributed by atoms with Crippen molar-refractivity contribution in [3.05, 3.63) is 45.4 Å². The summed E-state index contributed by atoms with van der Waals surface area (Å²) in [6.07, 6.45) is -4.27. The topological polar surface area (TPSA) is 168 Å². The number of likely N-dealkylation sites (tertiary alicyclic amines) is 1. The van der Waals surface area contributed by atoms with Gasteiger partial charge in [-0.1, -0.05) is 0 Å². The Morgan fingerprint density at radius 2 is 1.73 bits per heavy atom. The number of nitrogens with two attached hydrogens (primary N) is 1. The number of Topliss-reactive ketones (excluding diaryl/α,β-unsaturated/α-hetero) is 2. The molecule has 240 valence electrons. The van der Waals surface area contributed by atoms with E-state index >= 15 is 0 Å². The Labute approximate surface area is 252 Å². The van der Waals surface area contributed by atoms with Crippen LogP contribution in [0.4, 0.5) is 18.9 Å². The fraction of sp³-hybridized carbons (Fsp3) is 0.567. The van der Waals surface area contributed by atoms with Crippen LogP contribution in [0, 0.1) is 17.8 Å². The number of carbonyl (C=O) groups excluding carboxylic acids is 3. The fourth-order valence-electron chi connectivity index (χ4n) is 7.71. The predicted octanol–water partition coefficient (Wildman–Crippen LogP) is 1.96. The van der Waals surface area contributed by atoms with Crippen LogP contribution in [0.2, 0.25) is 0 Å². The van der Waals surface area contributed by atoms with Crippen LogP contribution in [0.3, 0.4) is 0 Å². The smallest absolute Gasteiger partial charge is 0.391 e. The first-order valence-corrected chi connectivity index (χ1v) is 14.4. The second-order valence-electron chi connectivity index (χ2n) is 12.7. The lowest BCUT2D eigenvalue weighted by atomic mass is 9.58. The van der Waals surface area contributed by atoms with Gasteiger partial charge in [0.2, 0.25) is 5.78 Å². The summed E-state index contributed by atoms with van der Waals surface area (Å²) in [6.45, 7) is 0.656. The summed E-state index contributed by atoms with van der Waals surface area (Å²) in [5.41, 5.74) is 3.07. The number of allylic oxidation sites excluding steroid dienone is 1. The number of hydrogen-bond donors (Lipinski definition) is 5. The number of amides is 1. The van der Waals surface area contributed by atoms with Gasteiger partial charge in [0.25, 0.3) is 5.91 Å². The number of carbonyl (C=O) groups is 3. The van der Waals surface area contributed by atoms with Crippen molar-refractivity contribution in [1.82, 2.24) is 9.80 Å². The standard InChI is InChI=1S/C30H37F3N4O7/c1-35(2)22-14(12-37-7-5-15(6-8-37)30(31,32)33)11-18(38)20-16(22)9-13-10-17-23(36(3)4)25(40)21(28(34)43)27(42)29(17,44)26(41)19(13)24(20)39/h11,13,15,17,23,38,40-41,44H,5-10,12H2,1-4H3,(H2,34,43)/t13-,17-,23-,29-/m0/s1. The zero-order valence-corrected chi connectivity index (χ0v) is 24.9. The van der Waals surface area contributed by atoms with E-state index in [1.165, 1.54) is 11.0 Å². The summed E-state index contributed by atoms with van der Waals surface area (Å²) < 4.78 is 39.6. The number of benzene rings is 1. The molecule has 0 spiro atoms. The Kier molecular flexibility index (Phi) is 7.78. The Morgan fingerprint density at radius 3 is 2.25 bits per heavy atom. The van der Waals surface area contributed by atoms with Crippen molar-refractivity contribution in [2.75, 3.05) is 46.2 Å². The van der Waals surface area contributed by atoms with Gasteiger partial charge in [0, 0.05) is 37.8 Å². The van der Waals surface area contributed by atoms with E-state index in [2.05, 4.69) is 0 Å². The molecule has 0 unspecified atom stereocenters. The number of aliphatic hydroxyl groups excluding tert-OH is 2. The van der Waals surface area contributed by atoms with E-state index in [0.717, 1.165) is 0 Å². The van der Waals surface area contributed by atoms with Crippen molar-refractivity contribution in [2.45, 2.75) is 50.0 Å². The number of piperidine rings is 1. The highest BCUT2D eigenvalue weighted by molar-refractivity contribution is 6.24. The highest BCUT2D eigenvalue weighted by atomic mass is 19.4. The van der Waals surface area contributed by atoms with E-state index in [1.54, 1.807) is 33.1 Å². The summed E-state index contributed by atoms with van der Waals surface area (Å²) in [5, 5.41) is 45.3. The van der Waals surface area contributed by atoms with Crippen molar-refractivity contribution >= 4 is 23.2 Å². The van der Waals surface area contributed by atoms with E-state index in [1.807, 2.05) is 4.90 Å². The molecule has 3 aliphatic carbocycles. The minimum absolute atomic E-state index is 0.0411. The van der Waals surface area contributed by atoms with Gasteiger partial charge in [-0.3, -0.25) is 24.2 Å². The molecule has 1 aromatic rings. The summed E-state index contributed by atoms with van der Waals surface area (Å²) in [4.78, 5) is 44.7. The number of halogens is 3. The van der Waals surface area contributed by atoms with Crippen molar-refractivity contribution in [2.24, 2.45) is 23.5 Å². The number of primary amides is 1. The van der Waals surface area contributed by atoms with Gasteiger partial charge in [-0.25, -0.2) is 0 Å². The number of anilines is 1. The zero-order valence-electron chi connectivity index (χ0n) is 24.9. The number of phenols is 1. The first-order chi connectivity index (χ1) is 20.4. The molecule has 4 atom stereocenters. The van der Waals surface area contributed by atoms with Crippen LogP contribution in [0.5, 0.6) is 5.75 Å². The maximum atomic E-state index is 14.0. The molecule has 5 rings (SSSR count). The number of rotatable bonds is 5. The lowest BCUT2D eigenvalue weighted by molar-refractivity contribution is -0.185. The molecule has 11 nitrogen and oxygen atoms in total. The minimum Gasteiger partial charge on any atom is -0.510 e. The van der Waals surface area contributed by atoms with Crippen LogP contribution < -0.4 is 10.6 Å². The molecule has 6 N–H and O–H groups in total. The molecule has 1 saturated heterocycles. The predicted molar refractivity (Wildman–Crippen MR) is 152 cm³/mol. The Bertz CT molecular complexity index is 1490. The van der Waals surface area contributed by atoms with Gasteiger partial charge in [-0.05, 0) is 76.0 Å². The second-order valence-corrected chi connectivity index (χ2v) is 12.7. The average molecular weight is 623 g/mol. The van der Waals surface area contributed by atoms with Crippen LogP contribution in [0.15, 0.2) is 28.7 Å². The third kappa shape index (κ3) is 4.74. The van der Waals surface area contributed by atoms with Gasteiger partial charge in [0.15, 0.2) is 11.4 Å². The van der Waals surface area contributed by atoms with Gasteiger partial charge >= 0.3 is 6.18 Å². The van der Waals surface area contributed by atoms with Gasteiger partial charge < -0.3 is 31.1 Å². The maximum absolute atomic E-state index is 14.0. The summed E-state index contributed by atoms with van der Waals surface area (Å²) in [5.74, 6) is -8.66. The number of hydrogen-bond acceptors (Lipinski definition) is 10. The molecular formula is C30H37F3N4O7. The quantitative estimate of drug-likeness (QED) is 0.306. The summed E-state index contributed by atoms with van der Waals surface area (Å²) in [6, 6.07) is 0.285. The summed E-state index contributed by atoms with van der Waals surface area (Å²) in [7, 11) is 6.60. The second kappa shape index (κ2) is 10.8. The van der Waals surface area contributed by atoms with Crippen molar-refractivity contribution in [3.8, 4) is 5.75 Å². The normalized spacial score (nSPS) is 28.2. The molecule has 1 heterocycles. The van der Waals surface area contributed by atoms with E-state index in [9.17, 15) is 48.0 Å². The molecule has 1 aromatic carbocycles. The van der Waals surface area contributed by atoms with Crippen LogP contribution in [0.1, 0.15) is 40.7 Å². The van der Waals surface area contributed by atoms with E-state index in [0.29, 0.717) is 16.8 Å². The molecule has 14 heteroatoms. The molecule has 0 saturated carbocycles. The van der Waals surface area contributed by atoms with E-state index in [-0.39, 0.29) is 56.5 Å². The van der Waals surface area contributed by atoms with Gasteiger partial charge in [0.1, 0.15) is 22.8 Å². The number of aliphatic hydroxyl groups is 3. The Hall–Kier alpha value is -3.62. The van der Waals surface area contributed by atoms with Crippen LogP contribution in [-0.4, -0.2) is 107 Å². The average Bonchev–Trinajstić information content (AvgIpc) is 2.89. The number of ketones is 2. The van der Waals surface area contributed by atoms with Crippen LogP contribution >= 0.6 is 0 Å². The Morgan fingerprint density at radius 1 is 1.11 bits per heavy atom. The van der Waals surface area contributed by atoms with Crippen molar-refractivity contribution < 1.29 is 48.0 Å². The van der Waals surface area contributed by atoms with Crippen LogP contribution in [0.25, 0.3) is 0 Å².